The second-order valence-electron chi connectivity index (χ2n) is 6.67. The molecule has 24 heavy (non-hydrogen) atoms. The Morgan fingerprint density at radius 3 is 2.92 bits per heavy atom. The van der Waals surface area contributed by atoms with Crippen LogP contribution in [0.25, 0.3) is 0 Å². The molecule has 5 nitrogen and oxygen atoms in total. The molecule has 1 aromatic heterocycles. The summed E-state index contributed by atoms with van der Waals surface area (Å²) in [5.74, 6) is 2.08. The average molecular weight is 330 g/mol. The normalized spacial score (nSPS) is 18.4. The third kappa shape index (κ3) is 3.56. The van der Waals surface area contributed by atoms with E-state index in [1.807, 2.05) is 19.1 Å². The lowest BCUT2D eigenvalue weighted by Gasteiger charge is -2.22. The number of hydrogen-bond acceptors (Lipinski definition) is 5. The molecule has 3 rings (SSSR count). The molecule has 0 unspecified atom stereocenters. The van der Waals surface area contributed by atoms with Gasteiger partial charge in [-0.25, -0.2) is 0 Å². The van der Waals surface area contributed by atoms with Gasteiger partial charge in [-0.05, 0) is 49.9 Å². The smallest absolute Gasteiger partial charge is 0.161 e. The Morgan fingerprint density at radius 2 is 2.21 bits per heavy atom. The molecule has 1 N–H and O–H groups in total. The minimum atomic E-state index is 0.190. The highest BCUT2D eigenvalue weighted by molar-refractivity contribution is 5.41. The van der Waals surface area contributed by atoms with Crippen molar-refractivity contribution < 1.29 is 14.4 Å². The topological polar surface area (TPSA) is 58.7 Å². The highest BCUT2D eigenvalue weighted by Gasteiger charge is 2.29. The maximum atomic E-state index is 9.85. The van der Waals surface area contributed by atoms with Gasteiger partial charge < -0.3 is 14.4 Å². The minimum Gasteiger partial charge on any atom is -0.504 e. The second-order valence-corrected chi connectivity index (χ2v) is 6.67. The van der Waals surface area contributed by atoms with E-state index in [1.54, 1.807) is 6.07 Å². The number of hydrogen-bond donors (Lipinski definition) is 1. The van der Waals surface area contributed by atoms with E-state index in [9.17, 15) is 5.11 Å². The summed E-state index contributed by atoms with van der Waals surface area (Å²) in [6.07, 6.45) is 2.24. The number of nitrogens with zero attached hydrogens (tertiary/aromatic N) is 2. The Hall–Kier alpha value is -2.01. The molecule has 1 aromatic carbocycles. The zero-order chi connectivity index (χ0) is 17.1. The number of aromatic hydroxyl groups is 1. The molecule has 1 fully saturated rings. The van der Waals surface area contributed by atoms with E-state index in [2.05, 4.69) is 30.0 Å². The number of phenolic OH excluding ortho intramolecular Hbond substituents is 1. The molecule has 0 bridgehead atoms. The molecule has 5 heteroatoms. The van der Waals surface area contributed by atoms with Gasteiger partial charge in [0.25, 0.3) is 0 Å². The molecule has 0 spiro atoms. The molecule has 130 valence electrons. The van der Waals surface area contributed by atoms with E-state index in [1.165, 1.54) is 0 Å². The number of likely N-dealkylation sites (tertiary alicyclic amines) is 1. The first-order chi connectivity index (χ1) is 11.6. The molecule has 0 radical (unpaired) electrons. The van der Waals surface area contributed by atoms with Gasteiger partial charge in [-0.3, -0.25) is 4.90 Å². The number of benzene rings is 1. The van der Waals surface area contributed by atoms with Crippen LogP contribution >= 0.6 is 0 Å². The summed E-state index contributed by atoms with van der Waals surface area (Å²) < 4.78 is 11.1. The number of aromatic nitrogens is 1. The largest absolute Gasteiger partial charge is 0.504 e. The van der Waals surface area contributed by atoms with Crippen molar-refractivity contribution in [2.75, 3.05) is 13.2 Å². The van der Waals surface area contributed by atoms with Crippen LogP contribution in [0.1, 0.15) is 62.6 Å². The average Bonchev–Trinajstić information content (AvgIpc) is 3.19. The van der Waals surface area contributed by atoms with Gasteiger partial charge in [-0.2, -0.15) is 0 Å². The van der Waals surface area contributed by atoms with E-state index in [-0.39, 0.29) is 11.8 Å². The first-order valence-corrected chi connectivity index (χ1v) is 8.73. The number of phenols is 1. The zero-order valence-electron chi connectivity index (χ0n) is 14.7. The number of ether oxygens (including phenoxy) is 1. The van der Waals surface area contributed by atoms with E-state index in [0.29, 0.717) is 18.3 Å². The van der Waals surface area contributed by atoms with E-state index in [4.69, 9.17) is 9.26 Å². The Morgan fingerprint density at radius 1 is 1.38 bits per heavy atom. The molecule has 1 aliphatic rings. The van der Waals surface area contributed by atoms with Crippen LogP contribution in [0.2, 0.25) is 0 Å². The summed E-state index contributed by atoms with van der Waals surface area (Å²) in [5, 5.41) is 14.0. The summed E-state index contributed by atoms with van der Waals surface area (Å²) in [6.45, 7) is 8.55. The Kier molecular flexibility index (Phi) is 5.09. The van der Waals surface area contributed by atoms with Gasteiger partial charge >= 0.3 is 0 Å². The first-order valence-electron chi connectivity index (χ1n) is 8.73. The fourth-order valence-corrected chi connectivity index (χ4v) is 3.23. The molecule has 2 heterocycles. The van der Waals surface area contributed by atoms with E-state index >= 15 is 0 Å². The molecular formula is C19H26N2O3. The summed E-state index contributed by atoms with van der Waals surface area (Å²) >= 11 is 0. The number of rotatable bonds is 6. The highest BCUT2D eigenvalue weighted by atomic mass is 16.5. The van der Waals surface area contributed by atoms with Gasteiger partial charge in [-0.15, -0.1) is 0 Å². The fourth-order valence-electron chi connectivity index (χ4n) is 3.23. The first kappa shape index (κ1) is 16.8. The Labute approximate surface area is 143 Å². The van der Waals surface area contributed by atoms with Crippen molar-refractivity contribution in [1.29, 1.82) is 0 Å². The van der Waals surface area contributed by atoms with Crippen LogP contribution in [-0.4, -0.2) is 28.3 Å². The van der Waals surface area contributed by atoms with Gasteiger partial charge in [0.05, 0.1) is 18.3 Å². The molecule has 1 atom stereocenters. The van der Waals surface area contributed by atoms with Crippen LogP contribution in [0.4, 0.5) is 0 Å². The predicted octanol–water partition coefficient (Wildman–Crippen LogP) is 4.24. The standard InChI is InChI=1S/C19H26N2O3/c1-4-23-19-10-14(7-8-17(19)22)12-21-9-5-6-16(21)18-11-15(13(2)3)20-24-18/h7-8,10-11,13,16,22H,4-6,9,12H2,1-3H3/t16-/m1/s1. The van der Waals surface area contributed by atoms with Crippen LogP contribution < -0.4 is 4.74 Å². The Bertz CT molecular complexity index is 681. The highest BCUT2D eigenvalue weighted by Crippen LogP contribution is 2.35. The van der Waals surface area contributed by atoms with Gasteiger partial charge in [0.1, 0.15) is 0 Å². The third-order valence-corrected chi connectivity index (χ3v) is 4.54. The van der Waals surface area contributed by atoms with Crippen LogP contribution in [-0.2, 0) is 6.54 Å². The summed E-state index contributed by atoms with van der Waals surface area (Å²) in [7, 11) is 0. The van der Waals surface area contributed by atoms with Crippen molar-refractivity contribution in [2.45, 2.75) is 52.1 Å². The van der Waals surface area contributed by atoms with Gasteiger partial charge in [0, 0.05) is 12.6 Å². The summed E-state index contributed by atoms with van der Waals surface area (Å²) in [5.41, 5.74) is 2.15. The van der Waals surface area contributed by atoms with Crippen LogP contribution in [0.3, 0.4) is 0 Å². The van der Waals surface area contributed by atoms with Crippen molar-refractivity contribution in [2.24, 2.45) is 0 Å². The molecule has 1 aliphatic heterocycles. The van der Waals surface area contributed by atoms with Gasteiger partial charge in [0.2, 0.25) is 0 Å². The van der Waals surface area contributed by atoms with Crippen molar-refractivity contribution in [1.82, 2.24) is 10.1 Å². The maximum absolute atomic E-state index is 9.85. The Balaban J connectivity index is 1.75. The van der Waals surface area contributed by atoms with Crippen LogP contribution in [0, 0.1) is 0 Å². The molecular weight excluding hydrogens is 304 g/mol. The summed E-state index contributed by atoms with van der Waals surface area (Å²) in [6, 6.07) is 7.95. The zero-order valence-corrected chi connectivity index (χ0v) is 14.7. The fraction of sp³-hybridized carbons (Fsp3) is 0.526. The quantitative estimate of drug-likeness (QED) is 0.858. The maximum Gasteiger partial charge on any atom is 0.161 e. The van der Waals surface area contributed by atoms with E-state index in [0.717, 1.165) is 42.9 Å². The van der Waals surface area contributed by atoms with Crippen LogP contribution in [0.5, 0.6) is 11.5 Å². The lowest BCUT2D eigenvalue weighted by Crippen LogP contribution is -2.22. The van der Waals surface area contributed by atoms with Crippen molar-refractivity contribution >= 4 is 0 Å². The lowest BCUT2D eigenvalue weighted by atomic mass is 10.1. The van der Waals surface area contributed by atoms with Crippen molar-refractivity contribution in [3.63, 3.8) is 0 Å². The minimum absolute atomic E-state index is 0.190. The lowest BCUT2D eigenvalue weighted by molar-refractivity contribution is 0.206. The third-order valence-electron chi connectivity index (χ3n) is 4.54. The SMILES string of the molecule is CCOc1cc(CN2CCC[C@@H]2c2cc(C(C)C)no2)ccc1O. The van der Waals surface area contributed by atoms with Gasteiger partial charge in [0.15, 0.2) is 17.3 Å². The van der Waals surface area contributed by atoms with E-state index < -0.39 is 0 Å². The molecule has 0 amide bonds. The van der Waals surface area contributed by atoms with Crippen molar-refractivity contribution in [3.05, 3.63) is 41.3 Å². The summed E-state index contributed by atoms with van der Waals surface area (Å²) in [4.78, 5) is 2.41. The van der Waals surface area contributed by atoms with Crippen molar-refractivity contribution in [3.8, 4) is 11.5 Å². The molecule has 2 aromatic rings. The predicted molar refractivity (Wildman–Crippen MR) is 92.3 cm³/mol. The monoisotopic (exact) mass is 330 g/mol. The van der Waals surface area contributed by atoms with Gasteiger partial charge in [-0.1, -0.05) is 25.1 Å². The second kappa shape index (κ2) is 7.26. The molecule has 0 aliphatic carbocycles. The van der Waals surface area contributed by atoms with Crippen LogP contribution in [0.15, 0.2) is 28.8 Å². The molecule has 1 saturated heterocycles. The molecule has 0 saturated carbocycles.